The van der Waals surface area contributed by atoms with Crippen LogP contribution >= 0.6 is 11.7 Å². The van der Waals surface area contributed by atoms with Gasteiger partial charge in [-0.3, -0.25) is 4.72 Å². The van der Waals surface area contributed by atoms with Gasteiger partial charge in [-0.05, 0) is 69.7 Å². The summed E-state index contributed by atoms with van der Waals surface area (Å²) in [7, 11) is -3.85. The molecule has 5 aromatic rings. The van der Waals surface area contributed by atoms with Crippen molar-refractivity contribution in [1.82, 2.24) is 28.5 Å². The fourth-order valence-corrected chi connectivity index (χ4v) is 5.38. The molecule has 3 heterocycles. The summed E-state index contributed by atoms with van der Waals surface area (Å²) in [6.45, 7) is 7.74. The number of ether oxygens (including phenoxy) is 1. The predicted molar refractivity (Wildman–Crippen MR) is 133 cm³/mol. The van der Waals surface area contributed by atoms with Crippen LogP contribution in [-0.2, 0) is 10.0 Å². The van der Waals surface area contributed by atoms with E-state index in [1.165, 1.54) is 6.07 Å². The van der Waals surface area contributed by atoms with Gasteiger partial charge in [-0.25, -0.2) is 18.1 Å². The Labute approximate surface area is 206 Å². The summed E-state index contributed by atoms with van der Waals surface area (Å²) in [5.74, 6) is 2.00. The molecule has 0 bridgehead atoms. The van der Waals surface area contributed by atoms with Gasteiger partial charge in [-0.1, -0.05) is 6.07 Å². The van der Waals surface area contributed by atoms with Crippen LogP contribution in [0.1, 0.15) is 22.8 Å². The van der Waals surface area contributed by atoms with Gasteiger partial charge >= 0.3 is 0 Å². The van der Waals surface area contributed by atoms with E-state index in [0.29, 0.717) is 40.0 Å². The van der Waals surface area contributed by atoms with E-state index in [-0.39, 0.29) is 4.90 Å². The highest BCUT2D eigenvalue weighted by atomic mass is 32.2. The lowest BCUT2D eigenvalue weighted by Crippen LogP contribution is -2.13. The molecule has 10 nitrogen and oxygen atoms in total. The van der Waals surface area contributed by atoms with E-state index in [9.17, 15) is 8.42 Å². The molecule has 0 saturated heterocycles. The van der Waals surface area contributed by atoms with Gasteiger partial charge in [0.25, 0.3) is 10.0 Å². The van der Waals surface area contributed by atoms with Crippen LogP contribution in [0.2, 0.25) is 0 Å². The van der Waals surface area contributed by atoms with Crippen LogP contribution in [0.3, 0.4) is 0 Å². The van der Waals surface area contributed by atoms with Gasteiger partial charge < -0.3 is 4.74 Å². The molecule has 0 atom stereocenters. The number of nitrogens with zero attached hydrogens (tertiary/aromatic N) is 6. The van der Waals surface area contributed by atoms with Gasteiger partial charge in [0.1, 0.15) is 27.5 Å². The van der Waals surface area contributed by atoms with Crippen LogP contribution in [0.5, 0.6) is 11.6 Å². The summed E-state index contributed by atoms with van der Waals surface area (Å²) >= 11 is 0.971. The molecule has 35 heavy (non-hydrogen) atoms. The van der Waals surface area contributed by atoms with Crippen molar-refractivity contribution < 1.29 is 13.2 Å². The van der Waals surface area contributed by atoms with Gasteiger partial charge in [0.2, 0.25) is 5.88 Å². The minimum atomic E-state index is -3.85. The first-order valence-electron chi connectivity index (χ1n) is 10.6. The zero-order valence-corrected chi connectivity index (χ0v) is 21.0. The summed E-state index contributed by atoms with van der Waals surface area (Å²) in [6, 6.07) is 13.1. The van der Waals surface area contributed by atoms with Gasteiger partial charge in [0.15, 0.2) is 5.82 Å². The first kappa shape index (κ1) is 22.9. The van der Waals surface area contributed by atoms with Gasteiger partial charge in [-0.2, -0.15) is 18.8 Å². The largest absolute Gasteiger partial charge is 0.439 e. The fraction of sp³-hybridized carbons (Fsp3) is 0.174. The minimum Gasteiger partial charge on any atom is -0.439 e. The molecule has 178 valence electrons. The second kappa shape index (κ2) is 8.71. The van der Waals surface area contributed by atoms with Crippen molar-refractivity contribution in [3.05, 3.63) is 71.3 Å². The molecule has 2 aromatic carbocycles. The molecule has 0 saturated carbocycles. The molecule has 0 amide bonds. The summed E-state index contributed by atoms with van der Waals surface area (Å²) in [5, 5.41) is 4.55. The molecule has 5 rings (SSSR count). The van der Waals surface area contributed by atoms with Gasteiger partial charge in [0, 0.05) is 17.4 Å². The molecule has 0 radical (unpaired) electrons. The first-order valence-corrected chi connectivity index (χ1v) is 12.8. The summed E-state index contributed by atoms with van der Waals surface area (Å²) in [6.07, 6.45) is 0. The van der Waals surface area contributed by atoms with Crippen molar-refractivity contribution in [2.75, 3.05) is 4.72 Å². The van der Waals surface area contributed by atoms with Crippen LogP contribution in [0.15, 0.2) is 53.4 Å². The van der Waals surface area contributed by atoms with E-state index in [4.69, 9.17) is 4.74 Å². The van der Waals surface area contributed by atoms with Crippen molar-refractivity contribution in [2.45, 2.75) is 32.6 Å². The lowest BCUT2D eigenvalue weighted by Gasteiger charge is -2.11. The van der Waals surface area contributed by atoms with Crippen LogP contribution in [0.4, 0.5) is 5.69 Å². The second-order valence-corrected chi connectivity index (χ2v) is 10.1. The molecule has 0 fully saturated rings. The first-order chi connectivity index (χ1) is 16.7. The summed E-state index contributed by atoms with van der Waals surface area (Å²) in [5.41, 5.74) is 4.29. The molecule has 0 aliphatic rings. The molecule has 0 aliphatic carbocycles. The highest BCUT2D eigenvalue weighted by Gasteiger charge is 2.20. The number of nitrogens with one attached hydrogen (secondary N) is 1. The number of hydrogen-bond acceptors (Lipinski definition) is 9. The van der Waals surface area contributed by atoms with E-state index in [1.54, 1.807) is 54.1 Å². The quantitative estimate of drug-likeness (QED) is 0.356. The fourth-order valence-electron chi connectivity index (χ4n) is 3.55. The lowest BCUT2D eigenvalue weighted by molar-refractivity contribution is 0.459. The maximum absolute atomic E-state index is 12.9. The van der Waals surface area contributed by atoms with E-state index in [0.717, 1.165) is 28.7 Å². The zero-order valence-electron chi connectivity index (χ0n) is 19.3. The van der Waals surface area contributed by atoms with Crippen molar-refractivity contribution in [3.63, 3.8) is 0 Å². The Morgan fingerprint density at radius 3 is 2.46 bits per heavy atom. The second-order valence-electron chi connectivity index (χ2n) is 7.94. The molecule has 0 aliphatic heterocycles. The molecule has 0 unspecified atom stereocenters. The molecular formula is C23H21N7O3S2. The Balaban J connectivity index is 1.37. The number of aromatic nitrogens is 6. The van der Waals surface area contributed by atoms with E-state index in [2.05, 4.69) is 28.5 Å². The number of benzene rings is 2. The van der Waals surface area contributed by atoms with Crippen LogP contribution in [0, 0.1) is 27.7 Å². The van der Waals surface area contributed by atoms with Crippen LogP contribution in [-0.4, -0.2) is 36.9 Å². The maximum atomic E-state index is 12.9. The monoisotopic (exact) mass is 507 g/mol. The molecular weight excluding hydrogens is 486 g/mol. The Morgan fingerprint density at radius 1 is 0.971 bits per heavy atom. The van der Waals surface area contributed by atoms with Gasteiger partial charge in [-0.15, -0.1) is 0 Å². The van der Waals surface area contributed by atoms with Crippen molar-refractivity contribution >= 4 is 38.5 Å². The third-order valence-electron chi connectivity index (χ3n) is 5.54. The summed E-state index contributed by atoms with van der Waals surface area (Å²) < 4.78 is 44.3. The Morgan fingerprint density at radius 2 is 1.74 bits per heavy atom. The summed E-state index contributed by atoms with van der Waals surface area (Å²) in [4.78, 5) is 8.92. The van der Waals surface area contributed by atoms with Crippen molar-refractivity contribution in [2.24, 2.45) is 0 Å². The molecule has 1 N–H and O–H groups in total. The van der Waals surface area contributed by atoms with Crippen molar-refractivity contribution in [1.29, 1.82) is 0 Å². The SMILES string of the molecule is Cc1nc(Oc2ccc(NS(=O)(=O)c3cccc4nsnc34)cc2)cc(-n2nc(C)c(C)c2C)n1. The van der Waals surface area contributed by atoms with E-state index < -0.39 is 10.0 Å². The minimum absolute atomic E-state index is 0.0763. The zero-order chi connectivity index (χ0) is 24.7. The third kappa shape index (κ3) is 4.45. The smallest absolute Gasteiger partial charge is 0.264 e. The predicted octanol–water partition coefficient (Wildman–Crippen LogP) is 4.49. The number of hydrogen-bond donors (Lipinski definition) is 1. The highest BCUT2D eigenvalue weighted by Crippen LogP contribution is 2.27. The highest BCUT2D eigenvalue weighted by molar-refractivity contribution is 7.93. The topological polar surface area (TPSA) is 125 Å². The average molecular weight is 508 g/mol. The molecule has 12 heteroatoms. The lowest BCUT2D eigenvalue weighted by atomic mass is 10.2. The normalized spacial score (nSPS) is 11.7. The van der Waals surface area contributed by atoms with E-state index >= 15 is 0 Å². The number of sulfonamides is 1. The molecule has 3 aromatic heterocycles. The van der Waals surface area contributed by atoms with Crippen LogP contribution in [0.25, 0.3) is 16.9 Å². The Kier molecular flexibility index (Phi) is 5.69. The van der Waals surface area contributed by atoms with E-state index in [1.807, 2.05) is 20.8 Å². The number of rotatable bonds is 6. The van der Waals surface area contributed by atoms with Crippen molar-refractivity contribution in [3.8, 4) is 17.4 Å². The number of fused-ring (bicyclic) bond motifs is 1. The Bertz CT molecular complexity index is 1660. The average Bonchev–Trinajstić information content (AvgIpc) is 3.40. The number of aryl methyl sites for hydroxylation is 2. The number of anilines is 1. The molecule has 0 spiro atoms. The maximum Gasteiger partial charge on any atom is 0.264 e. The van der Waals surface area contributed by atoms with Gasteiger partial charge in [0.05, 0.1) is 17.4 Å². The van der Waals surface area contributed by atoms with Crippen LogP contribution < -0.4 is 9.46 Å². The standard InChI is InChI=1S/C23H21N7O3S2/c1-13-14(2)26-30(15(13)3)21-12-22(25-16(4)24-21)33-18-10-8-17(9-11-18)29-35(31,32)20-7-5-6-19-23(20)28-34-27-19/h5-12,29H,1-4H3. The third-order valence-corrected chi connectivity index (χ3v) is 7.49. The Hall–Kier alpha value is -3.90.